The smallest absolute Gasteiger partial charge is 0.242 e. The Morgan fingerprint density at radius 1 is 1.22 bits per heavy atom. The van der Waals surface area contributed by atoms with Crippen LogP contribution in [0.25, 0.3) is 0 Å². The molecule has 2 fully saturated rings. The molecule has 3 aliphatic rings. The minimum Gasteiger partial charge on any atom is -0.326 e. The van der Waals surface area contributed by atoms with Gasteiger partial charge < -0.3 is 5.32 Å². The molecule has 1 amide bonds. The normalized spacial score (nSPS) is 28.9. The number of anilines is 1. The van der Waals surface area contributed by atoms with E-state index in [1.165, 1.54) is 25.3 Å². The van der Waals surface area contributed by atoms with Crippen LogP contribution in [0.15, 0.2) is 17.0 Å². The number of hydrogen-bond acceptors (Lipinski definition) is 3. The number of sulfonamides is 1. The lowest BCUT2D eigenvalue weighted by molar-refractivity contribution is -0.116. The molecule has 1 heterocycles. The zero-order chi connectivity index (χ0) is 16.2. The van der Waals surface area contributed by atoms with Gasteiger partial charge in [0.2, 0.25) is 15.9 Å². The summed E-state index contributed by atoms with van der Waals surface area (Å²) in [6.07, 6.45) is 4.71. The summed E-state index contributed by atoms with van der Waals surface area (Å²) in [6, 6.07) is 3.13. The topological polar surface area (TPSA) is 75.3 Å². The van der Waals surface area contributed by atoms with E-state index in [0.717, 1.165) is 5.56 Å². The molecule has 1 aromatic carbocycles. The van der Waals surface area contributed by atoms with Gasteiger partial charge in [0.15, 0.2) is 0 Å². The summed E-state index contributed by atoms with van der Waals surface area (Å²) in [5, 5.41) is 2.93. The van der Waals surface area contributed by atoms with Crippen LogP contribution >= 0.6 is 11.6 Å². The SMILES string of the molecule is O=C1CCc2cc(Cl)c(S(=O)(=O)NCC3C4CCCC43)cc2N1. The monoisotopic (exact) mass is 354 g/mol. The predicted molar refractivity (Wildman–Crippen MR) is 87.9 cm³/mol. The second kappa shape index (κ2) is 5.46. The Labute approximate surface area is 140 Å². The maximum absolute atomic E-state index is 12.6. The highest BCUT2D eigenvalue weighted by Crippen LogP contribution is 2.57. The highest BCUT2D eigenvalue weighted by Gasteiger charge is 2.52. The fourth-order valence-electron chi connectivity index (χ4n) is 4.14. The maximum atomic E-state index is 12.6. The first kappa shape index (κ1) is 15.4. The summed E-state index contributed by atoms with van der Waals surface area (Å²) < 4.78 is 27.8. The molecule has 23 heavy (non-hydrogen) atoms. The zero-order valence-corrected chi connectivity index (χ0v) is 14.2. The minimum atomic E-state index is -3.66. The number of carbonyl (C=O) groups excluding carboxylic acids is 1. The molecule has 2 atom stereocenters. The molecular formula is C16H19ClN2O3S. The Hall–Kier alpha value is -1.11. The maximum Gasteiger partial charge on any atom is 0.242 e. The lowest BCUT2D eigenvalue weighted by atomic mass is 10.0. The third-order valence-electron chi connectivity index (χ3n) is 5.44. The number of nitrogens with one attached hydrogen (secondary N) is 2. The number of amides is 1. The van der Waals surface area contributed by atoms with E-state index in [0.29, 0.717) is 42.8 Å². The summed E-state index contributed by atoms with van der Waals surface area (Å²) in [7, 11) is -3.66. The van der Waals surface area contributed by atoms with Crippen molar-refractivity contribution in [1.29, 1.82) is 0 Å². The van der Waals surface area contributed by atoms with Gasteiger partial charge in [-0.15, -0.1) is 0 Å². The van der Waals surface area contributed by atoms with Gasteiger partial charge in [0.25, 0.3) is 0 Å². The molecule has 0 spiro atoms. The Morgan fingerprint density at radius 3 is 2.70 bits per heavy atom. The predicted octanol–water partition coefficient (Wildman–Crippen LogP) is 2.55. The van der Waals surface area contributed by atoms with Gasteiger partial charge in [0, 0.05) is 18.7 Å². The molecule has 2 aliphatic carbocycles. The molecule has 7 heteroatoms. The van der Waals surface area contributed by atoms with Gasteiger partial charge in [-0.3, -0.25) is 4.79 Å². The Kier molecular flexibility index (Phi) is 3.66. The highest BCUT2D eigenvalue weighted by molar-refractivity contribution is 7.89. The van der Waals surface area contributed by atoms with Crippen molar-refractivity contribution in [3.05, 3.63) is 22.7 Å². The Bertz CT molecular complexity index is 768. The van der Waals surface area contributed by atoms with Crippen molar-refractivity contribution in [1.82, 2.24) is 4.72 Å². The van der Waals surface area contributed by atoms with E-state index in [1.54, 1.807) is 6.07 Å². The van der Waals surface area contributed by atoms with Gasteiger partial charge in [0.05, 0.1) is 5.02 Å². The van der Waals surface area contributed by atoms with Crippen LogP contribution in [0.5, 0.6) is 0 Å². The molecule has 0 bridgehead atoms. The molecule has 1 aromatic rings. The molecule has 0 aromatic heterocycles. The van der Waals surface area contributed by atoms with E-state index >= 15 is 0 Å². The lowest BCUT2D eigenvalue weighted by Gasteiger charge is -2.19. The fourth-order valence-corrected chi connectivity index (χ4v) is 5.79. The number of fused-ring (bicyclic) bond motifs is 2. The van der Waals surface area contributed by atoms with Crippen molar-refractivity contribution in [2.75, 3.05) is 11.9 Å². The van der Waals surface area contributed by atoms with Gasteiger partial charge in [-0.05, 0) is 54.7 Å². The fraction of sp³-hybridized carbons (Fsp3) is 0.562. The van der Waals surface area contributed by atoms with Crippen molar-refractivity contribution >= 4 is 33.2 Å². The average molecular weight is 355 g/mol. The molecule has 5 nitrogen and oxygen atoms in total. The lowest BCUT2D eigenvalue weighted by Crippen LogP contribution is -2.28. The Morgan fingerprint density at radius 2 is 1.96 bits per heavy atom. The largest absolute Gasteiger partial charge is 0.326 e. The molecule has 2 unspecified atom stereocenters. The average Bonchev–Trinajstić information content (AvgIpc) is 2.93. The summed E-state index contributed by atoms with van der Waals surface area (Å²) in [6.45, 7) is 0.484. The van der Waals surface area contributed by atoms with E-state index in [2.05, 4.69) is 10.0 Å². The minimum absolute atomic E-state index is 0.0472. The number of aryl methyl sites for hydroxylation is 1. The van der Waals surface area contributed by atoms with E-state index < -0.39 is 10.0 Å². The quantitative estimate of drug-likeness (QED) is 0.872. The van der Waals surface area contributed by atoms with Gasteiger partial charge in [-0.2, -0.15) is 0 Å². The van der Waals surface area contributed by atoms with Crippen molar-refractivity contribution < 1.29 is 13.2 Å². The number of carbonyl (C=O) groups is 1. The van der Waals surface area contributed by atoms with Crippen molar-refractivity contribution in [3.8, 4) is 0 Å². The Balaban J connectivity index is 1.54. The van der Waals surface area contributed by atoms with Crippen LogP contribution in [0.4, 0.5) is 5.69 Å². The van der Waals surface area contributed by atoms with Gasteiger partial charge >= 0.3 is 0 Å². The van der Waals surface area contributed by atoms with Crippen LogP contribution in [-0.2, 0) is 21.2 Å². The van der Waals surface area contributed by atoms with E-state index in [9.17, 15) is 13.2 Å². The summed E-state index contributed by atoms with van der Waals surface area (Å²) in [5.74, 6) is 1.79. The van der Waals surface area contributed by atoms with Crippen molar-refractivity contribution in [2.24, 2.45) is 17.8 Å². The first-order valence-electron chi connectivity index (χ1n) is 8.07. The molecular weight excluding hydrogens is 336 g/mol. The molecule has 2 saturated carbocycles. The number of hydrogen-bond donors (Lipinski definition) is 2. The molecule has 0 saturated heterocycles. The van der Waals surface area contributed by atoms with E-state index in [4.69, 9.17) is 11.6 Å². The molecule has 2 N–H and O–H groups in total. The van der Waals surface area contributed by atoms with Crippen LogP contribution in [0.3, 0.4) is 0 Å². The van der Waals surface area contributed by atoms with Gasteiger partial charge in [0.1, 0.15) is 4.90 Å². The van der Waals surface area contributed by atoms with Crippen LogP contribution in [-0.4, -0.2) is 20.9 Å². The number of rotatable bonds is 4. The van der Waals surface area contributed by atoms with E-state index in [-0.39, 0.29) is 15.8 Å². The summed E-state index contributed by atoms with van der Waals surface area (Å²) >= 11 is 6.18. The van der Waals surface area contributed by atoms with Crippen LogP contribution in [0, 0.1) is 17.8 Å². The van der Waals surface area contributed by atoms with Gasteiger partial charge in [-0.1, -0.05) is 18.0 Å². The van der Waals surface area contributed by atoms with Crippen LogP contribution < -0.4 is 10.0 Å². The first-order valence-corrected chi connectivity index (χ1v) is 9.94. The summed E-state index contributed by atoms with van der Waals surface area (Å²) in [5.41, 5.74) is 1.43. The van der Waals surface area contributed by atoms with Crippen molar-refractivity contribution in [3.63, 3.8) is 0 Å². The zero-order valence-electron chi connectivity index (χ0n) is 12.6. The third-order valence-corrected chi connectivity index (χ3v) is 7.32. The van der Waals surface area contributed by atoms with E-state index in [1.807, 2.05) is 0 Å². The third kappa shape index (κ3) is 2.77. The van der Waals surface area contributed by atoms with Crippen LogP contribution in [0.1, 0.15) is 31.2 Å². The molecule has 1 aliphatic heterocycles. The molecule has 124 valence electrons. The van der Waals surface area contributed by atoms with Crippen molar-refractivity contribution in [2.45, 2.75) is 37.0 Å². The standard InChI is InChI=1S/C16H19ClN2O3S/c17-13-6-9-4-5-16(20)19-14(9)7-15(13)23(21,22)18-8-12-10-2-1-3-11(10)12/h6-7,10-12,18H,1-5,8H2,(H,19,20). The summed E-state index contributed by atoms with van der Waals surface area (Å²) in [4.78, 5) is 11.5. The number of benzene rings is 1. The highest BCUT2D eigenvalue weighted by atomic mass is 35.5. The first-order chi connectivity index (χ1) is 11.0. The second-order valence-corrected chi connectivity index (χ2v) is 8.90. The number of halogens is 1. The molecule has 4 rings (SSSR count). The van der Waals surface area contributed by atoms with Gasteiger partial charge in [-0.25, -0.2) is 13.1 Å². The molecule has 0 radical (unpaired) electrons. The second-order valence-electron chi connectivity index (χ2n) is 6.76. The van der Waals surface area contributed by atoms with Crippen LogP contribution in [0.2, 0.25) is 5.02 Å².